The van der Waals surface area contributed by atoms with E-state index in [1.807, 2.05) is 52.0 Å². The highest BCUT2D eigenvalue weighted by atomic mass is 19.4. The summed E-state index contributed by atoms with van der Waals surface area (Å²) in [5.74, 6) is 2.14. The molecule has 0 aliphatic heterocycles. The van der Waals surface area contributed by atoms with Crippen LogP contribution in [0.15, 0.2) is 53.7 Å². The third kappa shape index (κ3) is 8.32. The third-order valence-corrected chi connectivity index (χ3v) is 4.94. The molecule has 186 valence electrons. The van der Waals surface area contributed by atoms with E-state index in [0.29, 0.717) is 19.0 Å². The largest absolute Gasteiger partial charge is 0.494 e. The number of hydrogen-bond donors (Lipinski definition) is 0. The number of nitrogens with zero attached hydrogens (tertiary/aromatic N) is 1. The van der Waals surface area contributed by atoms with Crippen molar-refractivity contribution < 1.29 is 32.2 Å². The molecule has 0 amide bonds. The second kappa shape index (κ2) is 12.9. The van der Waals surface area contributed by atoms with Crippen molar-refractivity contribution in [3.05, 3.63) is 65.2 Å². The predicted molar refractivity (Wildman–Crippen MR) is 127 cm³/mol. The molecular weight excluding hydrogens is 447 g/mol. The first-order chi connectivity index (χ1) is 16.2. The van der Waals surface area contributed by atoms with Gasteiger partial charge in [0.2, 0.25) is 0 Å². The highest BCUT2D eigenvalue weighted by Gasteiger charge is 2.37. The molecule has 0 aromatic heterocycles. The smallest absolute Gasteiger partial charge is 0.437 e. The molecule has 0 heterocycles. The summed E-state index contributed by atoms with van der Waals surface area (Å²) in [6.07, 6.45) is 0.741. The van der Waals surface area contributed by atoms with Crippen molar-refractivity contribution in [1.29, 1.82) is 0 Å². The number of allylic oxidation sites excluding steroid dienone is 1. The molecule has 0 bridgehead atoms. The Morgan fingerprint density at radius 1 is 1.03 bits per heavy atom. The Kier molecular flexibility index (Phi) is 10.3. The number of halogens is 3. The molecule has 2 rings (SSSR count). The van der Waals surface area contributed by atoms with E-state index in [1.54, 1.807) is 0 Å². The highest BCUT2D eigenvalue weighted by Crippen LogP contribution is 2.30. The Hall–Kier alpha value is -3.16. The quantitative estimate of drug-likeness (QED) is 0.145. The van der Waals surface area contributed by atoms with Crippen LogP contribution in [0, 0.1) is 13.8 Å². The Bertz CT molecular complexity index is 946. The van der Waals surface area contributed by atoms with Gasteiger partial charge in [-0.25, -0.2) is 0 Å². The van der Waals surface area contributed by atoms with E-state index < -0.39 is 11.9 Å². The minimum absolute atomic E-state index is 0.0298. The normalized spacial score (nSPS) is 13.1. The van der Waals surface area contributed by atoms with Gasteiger partial charge >= 0.3 is 6.18 Å². The summed E-state index contributed by atoms with van der Waals surface area (Å²) in [6.45, 7) is 8.88. The topological polar surface area (TPSA) is 49.3 Å². The first kappa shape index (κ1) is 27.1. The molecule has 0 radical (unpaired) electrons. The number of ether oxygens (including phenoxy) is 3. The molecule has 0 aliphatic carbocycles. The van der Waals surface area contributed by atoms with Crippen molar-refractivity contribution in [1.82, 2.24) is 0 Å². The lowest BCUT2D eigenvalue weighted by Gasteiger charge is -2.19. The van der Waals surface area contributed by atoms with Crippen LogP contribution in [0.1, 0.15) is 43.4 Å². The first-order valence-corrected chi connectivity index (χ1v) is 11.1. The van der Waals surface area contributed by atoms with Crippen LogP contribution in [-0.2, 0) is 4.84 Å². The van der Waals surface area contributed by atoms with E-state index in [1.165, 1.54) is 24.3 Å². The van der Waals surface area contributed by atoms with Crippen molar-refractivity contribution in [2.24, 2.45) is 5.16 Å². The maximum atomic E-state index is 13.0. The third-order valence-electron chi connectivity index (χ3n) is 4.94. The molecule has 34 heavy (non-hydrogen) atoms. The fraction of sp³-hybridized carbons (Fsp3) is 0.423. The van der Waals surface area contributed by atoms with Gasteiger partial charge in [-0.15, -0.1) is 0 Å². The molecular formula is C26H32F3NO4. The molecule has 0 saturated heterocycles. The lowest BCUT2D eigenvalue weighted by molar-refractivity contribution is -0.0608. The molecule has 0 fully saturated rings. The maximum absolute atomic E-state index is 13.0. The summed E-state index contributed by atoms with van der Waals surface area (Å²) >= 11 is 0. The zero-order valence-corrected chi connectivity index (χ0v) is 20.2. The van der Waals surface area contributed by atoms with Crippen LogP contribution in [0.5, 0.6) is 17.2 Å². The van der Waals surface area contributed by atoms with Gasteiger partial charge in [-0.05, 0) is 88.1 Å². The number of hydrogen-bond acceptors (Lipinski definition) is 5. The molecule has 2 aromatic rings. The molecule has 8 heteroatoms. The van der Waals surface area contributed by atoms with Crippen LogP contribution in [-0.4, -0.2) is 38.3 Å². The van der Waals surface area contributed by atoms with Crippen molar-refractivity contribution >= 4 is 5.71 Å². The van der Waals surface area contributed by atoms with Crippen LogP contribution in [0.2, 0.25) is 0 Å². The summed E-state index contributed by atoms with van der Waals surface area (Å²) in [5.41, 5.74) is 0.839. The number of alkyl halides is 3. The summed E-state index contributed by atoms with van der Waals surface area (Å²) in [6, 6.07) is 9.52. The van der Waals surface area contributed by atoms with E-state index in [4.69, 9.17) is 14.2 Å². The Morgan fingerprint density at radius 3 is 2.24 bits per heavy atom. The summed E-state index contributed by atoms with van der Waals surface area (Å²) in [5, 5.41) is 3.09. The maximum Gasteiger partial charge on any atom is 0.437 e. The molecule has 1 atom stereocenters. The van der Waals surface area contributed by atoms with Crippen molar-refractivity contribution in [2.45, 2.75) is 52.8 Å². The van der Waals surface area contributed by atoms with Gasteiger partial charge < -0.3 is 19.0 Å². The second-order valence-electron chi connectivity index (χ2n) is 7.83. The fourth-order valence-electron chi connectivity index (χ4n) is 3.31. The molecule has 0 N–H and O–H groups in total. The van der Waals surface area contributed by atoms with E-state index in [-0.39, 0.29) is 11.7 Å². The number of benzene rings is 2. The van der Waals surface area contributed by atoms with Crippen LogP contribution in [0.4, 0.5) is 13.2 Å². The van der Waals surface area contributed by atoms with E-state index in [0.717, 1.165) is 42.6 Å². The molecule has 5 nitrogen and oxygen atoms in total. The molecule has 2 aromatic carbocycles. The van der Waals surface area contributed by atoms with E-state index in [2.05, 4.69) is 9.99 Å². The number of aryl methyl sites for hydroxylation is 2. The van der Waals surface area contributed by atoms with Gasteiger partial charge in [0.05, 0.1) is 12.7 Å². The van der Waals surface area contributed by atoms with Gasteiger partial charge in [0.15, 0.2) is 5.71 Å². The predicted octanol–water partition coefficient (Wildman–Crippen LogP) is 6.80. The lowest BCUT2D eigenvalue weighted by atomic mass is 10.1. The van der Waals surface area contributed by atoms with Crippen molar-refractivity contribution in [2.75, 3.05) is 20.3 Å². The van der Waals surface area contributed by atoms with Crippen LogP contribution in [0.25, 0.3) is 0 Å². The van der Waals surface area contributed by atoms with E-state index in [9.17, 15) is 13.2 Å². The summed E-state index contributed by atoms with van der Waals surface area (Å²) < 4.78 is 56.7. The van der Waals surface area contributed by atoms with Gasteiger partial charge in [0, 0.05) is 5.56 Å². The standard InChI is InChI=1S/C26H32F3NO4/c1-6-7-14-33-23-16-18(2)24(19(3)17-23)34-20(4)9-8-15-32-22-12-10-21(11-13-22)25(30-31-5)26(27,28)29/h6-7,10-13,16-17,20H,8-9,14-15H2,1-5H3/b7-6+,30-25-. The van der Waals surface area contributed by atoms with Gasteiger partial charge in [0.25, 0.3) is 0 Å². The van der Waals surface area contributed by atoms with Gasteiger partial charge in [0.1, 0.15) is 31.0 Å². The van der Waals surface area contributed by atoms with E-state index >= 15 is 0 Å². The zero-order chi connectivity index (χ0) is 25.1. The van der Waals surface area contributed by atoms with Gasteiger partial charge in [-0.3, -0.25) is 0 Å². The van der Waals surface area contributed by atoms with Crippen LogP contribution < -0.4 is 14.2 Å². The van der Waals surface area contributed by atoms with Crippen molar-refractivity contribution in [3.8, 4) is 17.2 Å². The number of rotatable bonds is 12. The second-order valence-corrected chi connectivity index (χ2v) is 7.83. The van der Waals surface area contributed by atoms with Crippen LogP contribution in [0.3, 0.4) is 0 Å². The molecule has 1 unspecified atom stereocenters. The monoisotopic (exact) mass is 479 g/mol. The Balaban J connectivity index is 1.84. The molecule has 0 saturated carbocycles. The van der Waals surface area contributed by atoms with Crippen molar-refractivity contribution in [3.63, 3.8) is 0 Å². The SMILES string of the molecule is C/C=C/COc1cc(C)c(OC(C)CCCOc2ccc(/C(=N/OC)C(F)(F)F)cc2)c(C)c1. The van der Waals surface area contributed by atoms with Gasteiger partial charge in [-0.1, -0.05) is 17.3 Å². The lowest BCUT2D eigenvalue weighted by Crippen LogP contribution is -2.24. The van der Waals surface area contributed by atoms with Crippen LogP contribution >= 0.6 is 0 Å². The van der Waals surface area contributed by atoms with Gasteiger partial charge in [-0.2, -0.15) is 13.2 Å². The minimum atomic E-state index is -4.61. The molecule has 0 spiro atoms. The minimum Gasteiger partial charge on any atom is -0.494 e. The molecule has 0 aliphatic rings. The fourth-order valence-corrected chi connectivity index (χ4v) is 3.31. The highest BCUT2D eigenvalue weighted by molar-refractivity contribution is 6.04. The summed E-state index contributed by atoms with van der Waals surface area (Å²) in [7, 11) is 1.08. The Morgan fingerprint density at radius 2 is 1.68 bits per heavy atom. The summed E-state index contributed by atoms with van der Waals surface area (Å²) in [4.78, 5) is 4.32. The average molecular weight is 480 g/mol. The zero-order valence-electron chi connectivity index (χ0n) is 20.2. The number of oxime groups is 1. The first-order valence-electron chi connectivity index (χ1n) is 11.1. The Labute approximate surface area is 199 Å². The average Bonchev–Trinajstić information content (AvgIpc) is 2.77.